The lowest BCUT2D eigenvalue weighted by molar-refractivity contribution is 0.578. The highest BCUT2D eigenvalue weighted by Gasteiger charge is 2.08. The molecule has 92 valence electrons. The Morgan fingerprint density at radius 2 is 2.19 bits per heavy atom. The Balaban J connectivity index is 2.29. The van der Waals surface area contributed by atoms with Crippen molar-refractivity contribution < 1.29 is 8.42 Å². The molecule has 0 aliphatic rings. The Labute approximate surface area is 97.7 Å². The van der Waals surface area contributed by atoms with E-state index in [0.29, 0.717) is 6.54 Å². The lowest BCUT2D eigenvalue weighted by atomic mass is 10.2. The van der Waals surface area contributed by atoms with Crippen molar-refractivity contribution in [2.24, 2.45) is 7.05 Å². The molecule has 1 aromatic heterocycles. The van der Waals surface area contributed by atoms with E-state index in [4.69, 9.17) is 0 Å². The SMILES string of the molecule is CCCCS(=O)(=O)NCCc1ccn(C)c1. The Kier molecular flexibility index (Phi) is 5.02. The first-order valence-corrected chi connectivity index (χ1v) is 7.27. The van der Waals surface area contributed by atoms with Gasteiger partial charge in [-0.25, -0.2) is 13.1 Å². The molecule has 0 fully saturated rings. The lowest BCUT2D eigenvalue weighted by Gasteiger charge is -2.04. The molecule has 1 rings (SSSR count). The summed E-state index contributed by atoms with van der Waals surface area (Å²) in [5, 5.41) is 0. The van der Waals surface area contributed by atoms with Gasteiger partial charge < -0.3 is 4.57 Å². The molecule has 0 aromatic carbocycles. The summed E-state index contributed by atoms with van der Waals surface area (Å²) in [6.07, 6.45) is 6.33. The molecule has 0 saturated carbocycles. The van der Waals surface area contributed by atoms with E-state index in [1.807, 2.05) is 37.0 Å². The van der Waals surface area contributed by atoms with Crippen LogP contribution in [0.3, 0.4) is 0 Å². The van der Waals surface area contributed by atoms with Gasteiger partial charge in [0.2, 0.25) is 10.0 Å². The molecule has 0 bridgehead atoms. The van der Waals surface area contributed by atoms with Gasteiger partial charge in [-0.3, -0.25) is 0 Å². The third-order valence-electron chi connectivity index (χ3n) is 2.40. The monoisotopic (exact) mass is 244 g/mol. The molecule has 0 saturated heterocycles. The first-order chi connectivity index (χ1) is 7.53. The van der Waals surface area contributed by atoms with E-state index in [-0.39, 0.29) is 5.75 Å². The zero-order valence-electron chi connectivity index (χ0n) is 9.94. The second kappa shape index (κ2) is 6.06. The molecule has 0 aliphatic carbocycles. The van der Waals surface area contributed by atoms with Crippen molar-refractivity contribution in [3.05, 3.63) is 24.0 Å². The van der Waals surface area contributed by atoms with E-state index in [9.17, 15) is 8.42 Å². The highest BCUT2D eigenvalue weighted by Crippen LogP contribution is 2.00. The van der Waals surface area contributed by atoms with Crippen molar-refractivity contribution in [1.29, 1.82) is 0 Å². The fraction of sp³-hybridized carbons (Fsp3) is 0.636. The third-order valence-corrected chi connectivity index (χ3v) is 3.87. The Hall–Kier alpha value is -0.810. The van der Waals surface area contributed by atoms with Crippen molar-refractivity contribution in [2.45, 2.75) is 26.2 Å². The lowest BCUT2D eigenvalue weighted by Crippen LogP contribution is -2.28. The zero-order chi connectivity index (χ0) is 12.0. The summed E-state index contributed by atoms with van der Waals surface area (Å²) < 4.78 is 27.5. The normalized spacial score (nSPS) is 11.9. The summed E-state index contributed by atoms with van der Waals surface area (Å²) in [7, 11) is -1.11. The van der Waals surface area contributed by atoms with Gasteiger partial charge in [0.15, 0.2) is 0 Å². The molecule has 1 heterocycles. The summed E-state index contributed by atoms with van der Waals surface area (Å²) in [6, 6.07) is 2.00. The van der Waals surface area contributed by atoms with Crippen LogP contribution >= 0.6 is 0 Å². The van der Waals surface area contributed by atoms with Crippen LogP contribution in [0.15, 0.2) is 18.5 Å². The van der Waals surface area contributed by atoms with E-state index in [1.165, 1.54) is 0 Å². The molecule has 4 nitrogen and oxygen atoms in total. The van der Waals surface area contributed by atoms with Crippen LogP contribution in [-0.4, -0.2) is 25.3 Å². The number of nitrogens with zero attached hydrogens (tertiary/aromatic N) is 1. The number of sulfonamides is 1. The molecular weight excluding hydrogens is 224 g/mol. The van der Waals surface area contributed by atoms with Crippen LogP contribution in [0.1, 0.15) is 25.3 Å². The molecular formula is C11H20N2O2S. The van der Waals surface area contributed by atoms with Gasteiger partial charge in [-0.1, -0.05) is 13.3 Å². The molecule has 5 heteroatoms. The van der Waals surface area contributed by atoms with Crippen LogP contribution in [0.4, 0.5) is 0 Å². The fourth-order valence-corrected chi connectivity index (χ4v) is 2.69. The number of rotatable bonds is 7. The summed E-state index contributed by atoms with van der Waals surface area (Å²) >= 11 is 0. The highest BCUT2D eigenvalue weighted by molar-refractivity contribution is 7.89. The van der Waals surface area contributed by atoms with Crippen LogP contribution in [0.25, 0.3) is 0 Å². The zero-order valence-corrected chi connectivity index (χ0v) is 10.8. The first kappa shape index (κ1) is 13.3. The van der Waals surface area contributed by atoms with Crippen LogP contribution in [0.2, 0.25) is 0 Å². The average molecular weight is 244 g/mol. The van der Waals surface area contributed by atoms with Crippen molar-refractivity contribution >= 4 is 10.0 Å². The van der Waals surface area contributed by atoms with Crippen molar-refractivity contribution in [3.63, 3.8) is 0 Å². The Bertz CT molecular complexity index is 409. The standard InChI is InChI=1S/C11H20N2O2S/c1-3-4-9-16(14,15)12-7-5-11-6-8-13(2)10-11/h6,8,10,12H,3-5,7,9H2,1-2H3. The largest absolute Gasteiger partial charge is 0.357 e. The van der Waals surface area contributed by atoms with Crippen LogP contribution < -0.4 is 4.72 Å². The molecule has 16 heavy (non-hydrogen) atoms. The minimum Gasteiger partial charge on any atom is -0.357 e. The molecule has 0 unspecified atom stereocenters. The quantitative estimate of drug-likeness (QED) is 0.785. The van der Waals surface area contributed by atoms with Crippen LogP contribution in [-0.2, 0) is 23.5 Å². The summed E-state index contributed by atoms with van der Waals surface area (Å²) in [6.45, 7) is 2.47. The van der Waals surface area contributed by atoms with Gasteiger partial charge in [-0.05, 0) is 24.5 Å². The van der Waals surface area contributed by atoms with Gasteiger partial charge >= 0.3 is 0 Å². The van der Waals surface area contributed by atoms with Gasteiger partial charge in [0.05, 0.1) is 5.75 Å². The maximum Gasteiger partial charge on any atom is 0.211 e. The molecule has 0 aliphatic heterocycles. The van der Waals surface area contributed by atoms with Gasteiger partial charge in [0, 0.05) is 26.0 Å². The minimum absolute atomic E-state index is 0.234. The maximum atomic E-state index is 11.5. The second-order valence-corrected chi connectivity index (χ2v) is 5.93. The molecule has 1 N–H and O–H groups in total. The number of unbranched alkanes of at least 4 members (excludes halogenated alkanes) is 1. The smallest absolute Gasteiger partial charge is 0.211 e. The van der Waals surface area contributed by atoms with Gasteiger partial charge in [-0.15, -0.1) is 0 Å². The van der Waals surface area contributed by atoms with Crippen LogP contribution in [0.5, 0.6) is 0 Å². The third kappa shape index (κ3) is 4.81. The Morgan fingerprint density at radius 3 is 2.75 bits per heavy atom. The molecule has 0 spiro atoms. The molecule has 0 amide bonds. The number of aryl methyl sites for hydroxylation is 1. The topological polar surface area (TPSA) is 51.1 Å². The fourth-order valence-electron chi connectivity index (χ4n) is 1.47. The van der Waals surface area contributed by atoms with Gasteiger partial charge in [0.25, 0.3) is 0 Å². The predicted octanol–water partition coefficient (Wildman–Crippen LogP) is 1.29. The highest BCUT2D eigenvalue weighted by atomic mass is 32.2. The summed E-state index contributed by atoms with van der Waals surface area (Å²) in [5.41, 5.74) is 1.15. The van der Waals surface area contributed by atoms with E-state index >= 15 is 0 Å². The Morgan fingerprint density at radius 1 is 1.44 bits per heavy atom. The second-order valence-electron chi connectivity index (χ2n) is 4.00. The average Bonchev–Trinajstić information content (AvgIpc) is 2.61. The maximum absolute atomic E-state index is 11.5. The number of hydrogen-bond donors (Lipinski definition) is 1. The molecule has 0 radical (unpaired) electrons. The number of aromatic nitrogens is 1. The first-order valence-electron chi connectivity index (χ1n) is 5.61. The minimum atomic E-state index is -3.06. The number of nitrogens with one attached hydrogen (secondary N) is 1. The van der Waals surface area contributed by atoms with E-state index in [1.54, 1.807) is 0 Å². The summed E-state index contributed by atoms with van der Waals surface area (Å²) in [5.74, 6) is 0.234. The van der Waals surface area contributed by atoms with Crippen molar-refractivity contribution in [1.82, 2.24) is 9.29 Å². The van der Waals surface area contributed by atoms with Crippen molar-refractivity contribution in [3.8, 4) is 0 Å². The predicted molar refractivity (Wildman–Crippen MR) is 65.8 cm³/mol. The van der Waals surface area contributed by atoms with E-state index in [0.717, 1.165) is 24.8 Å². The molecule has 0 atom stereocenters. The van der Waals surface area contributed by atoms with E-state index < -0.39 is 10.0 Å². The van der Waals surface area contributed by atoms with Crippen molar-refractivity contribution in [2.75, 3.05) is 12.3 Å². The number of hydrogen-bond acceptors (Lipinski definition) is 2. The summed E-state index contributed by atoms with van der Waals surface area (Å²) in [4.78, 5) is 0. The van der Waals surface area contributed by atoms with Gasteiger partial charge in [0.1, 0.15) is 0 Å². The van der Waals surface area contributed by atoms with Gasteiger partial charge in [-0.2, -0.15) is 0 Å². The molecule has 1 aromatic rings. The van der Waals surface area contributed by atoms with E-state index in [2.05, 4.69) is 4.72 Å². The van der Waals surface area contributed by atoms with Crippen LogP contribution in [0, 0.1) is 0 Å².